The van der Waals surface area contributed by atoms with Gasteiger partial charge in [0.2, 0.25) is 0 Å². The summed E-state index contributed by atoms with van der Waals surface area (Å²) in [5.41, 5.74) is 8.19. The molecule has 2 heterocycles. The number of phosphoric ester groups is 1. The van der Waals surface area contributed by atoms with Gasteiger partial charge in [-0.3, -0.25) is 23.4 Å². The van der Waals surface area contributed by atoms with Crippen molar-refractivity contribution in [3.63, 3.8) is 0 Å². The van der Waals surface area contributed by atoms with Crippen LogP contribution in [0.4, 0.5) is 0 Å². The normalized spacial score (nSPS) is 19.3. The van der Waals surface area contributed by atoms with Gasteiger partial charge >= 0.3 is 13.5 Å². The second-order valence-corrected chi connectivity index (χ2v) is 16.0. The molecule has 1 aliphatic heterocycles. The van der Waals surface area contributed by atoms with E-state index in [0.717, 1.165) is 25.0 Å². The zero-order valence-electron chi connectivity index (χ0n) is 30.8. The van der Waals surface area contributed by atoms with Crippen LogP contribution in [-0.4, -0.2) is 64.0 Å². The lowest BCUT2D eigenvalue weighted by molar-refractivity contribution is -0.0315. The average molecular weight is 746 g/mol. The van der Waals surface area contributed by atoms with Gasteiger partial charge in [0.05, 0.1) is 31.5 Å². The monoisotopic (exact) mass is 745 g/mol. The molecule has 2 rings (SSSR count). The van der Waals surface area contributed by atoms with Crippen LogP contribution >= 0.6 is 19.6 Å². The number of H-pyrrole nitrogens is 1. The minimum atomic E-state index is -4.51. The molecular formula is C35H64N5O8PS. The van der Waals surface area contributed by atoms with Crippen molar-refractivity contribution < 1.29 is 28.0 Å². The number of unbranched alkanes of at least 4 members (excludes halogenated alkanes) is 16. The van der Waals surface area contributed by atoms with Gasteiger partial charge in [0.1, 0.15) is 6.23 Å². The summed E-state index contributed by atoms with van der Waals surface area (Å²) in [5, 5.41) is 3.74. The molecule has 1 fully saturated rings. The number of aromatic amines is 1. The molecule has 288 valence electrons. The minimum Gasteiger partial charge on any atom is -0.375 e. The first-order valence-corrected chi connectivity index (χ1v) is 21.7. The van der Waals surface area contributed by atoms with E-state index < -0.39 is 44.1 Å². The molecule has 1 saturated heterocycles. The number of nitrogens with one attached hydrogen (secondary N) is 1. The van der Waals surface area contributed by atoms with Crippen LogP contribution in [0, 0.1) is 6.92 Å². The van der Waals surface area contributed by atoms with E-state index in [9.17, 15) is 19.0 Å². The van der Waals surface area contributed by atoms with Crippen LogP contribution in [0.2, 0.25) is 0 Å². The van der Waals surface area contributed by atoms with Crippen molar-refractivity contribution in [1.82, 2.24) is 9.55 Å². The van der Waals surface area contributed by atoms with Crippen molar-refractivity contribution in [3.05, 3.63) is 43.0 Å². The molecule has 0 saturated carbocycles. The molecule has 1 aromatic rings. The number of aryl methyl sites for hydroxylation is 1. The second-order valence-electron chi connectivity index (χ2n) is 13.4. The summed E-state index contributed by atoms with van der Waals surface area (Å²) >= 11 is 1.78. The van der Waals surface area contributed by atoms with Crippen LogP contribution in [0.5, 0.6) is 0 Å². The fraction of sp³-hybridized carbons (Fsp3) is 0.886. The summed E-state index contributed by atoms with van der Waals surface area (Å²) in [4.78, 5) is 39.8. The Kier molecular flexibility index (Phi) is 24.1. The number of hydrogen-bond donors (Lipinski definition) is 2. The maximum Gasteiger partial charge on any atom is 0.472 e. The number of aromatic nitrogens is 2. The summed E-state index contributed by atoms with van der Waals surface area (Å²) in [6.45, 7) is 6.08. The van der Waals surface area contributed by atoms with Crippen LogP contribution in [0.25, 0.3) is 10.4 Å². The number of ether oxygens (including phenoxy) is 2. The van der Waals surface area contributed by atoms with Crippen LogP contribution in [0.1, 0.15) is 148 Å². The third kappa shape index (κ3) is 19.3. The summed E-state index contributed by atoms with van der Waals surface area (Å²) in [7, 11) is -4.51. The third-order valence-electron chi connectivity index (χ3n) is 8.98. The van der Waals surface area contributed by atoms with E-state index in [2.05, 4.69) is 28.9 Å². The quantitative estimate of drug-likeness (QED) is 0.0247. The molecule has 0 radical (unpaired) electrons. The van der Waals surface area contributed by atoms with Crippen LogP contribution in [-0.2, 0) is 23.1 Å². The lowest BCUT2D eigenvalue weighted by atomic mass is 10.1. The highest BCUT2D eigenvalue weighted by Crippen LogP contribution is 2.45. The lowest BCUT2D eigenvalue weighted by Crippen LogP contribution is -2.33. The van der Waals surface area contributed by atoms with Gasteiger partial charge in [0.25, 0.3) is 5.56 Å². The molecule has 0 aliphatic carbocycles. The Balaban J connectivity index is 1.81. The summed E-state index contributed by atoms with van der Waals surface area (Å²) in [6.07, 6.45) is 21.8. The van der Waals surface area contributed by atoms with Gasteiger partial charge in [-0.25, -0.2) is 9.36 Å². The first kappa shape index (κ1) is 44.5. The first-order valence-electron chi connectivity index (χ1n) is 19.0. The predicted octanol–water partition coefficient (Wildman–Crippen LogP) is 9.13. The number of thioether (sulfide) groups is 1. The average Bonchev–Trinajstić information content (AvgIpc) is 3.49. The number of phosphoric acid groups is 1. The molecule has 13 nitrogen and oxygen atoms in total. The SMILES string of the molecule is CCCCCCCCCCCCSC[C@H](COP(=O)(O)OCC1OC(n2cc(C)c(=O)[nH]c2=O)C[C@@H]1N=[N+]=[N-])OCCCCCCCCCC. The van der Waals surface area contributed by atoms with E-state index in [1.54, 1.807) is 18.7 Å². The number of rotatable bonds is 31. The summed E-state index contributed by atoms with van der Waals surface area (Å²) < 4.78 is 36.8. The third-order valence-corrected chi connectivity index (χ3v) is 11.1. The van der Waals surface area contributed by atoms with E-state index in [4.69, 9.17) is 24.1 Å². The molecular weight excluding hydrogens is 681 g/mol. The number of azide groups is 1. The Morgan fingerprint density at radius 2 is 1.56 bits per heavy atom. The van der Waals surface area contributed by atoms with E-state index >= 15 is 0 Å². The molecule has 5 atom stereocenters. The molecule has 0 bridgehead atoms. The van der Waals surface area contributed by atoms with Gasteiger partial charge in [-0.2, -0.15) is 11.8 Å². The Bertz CT molecular complexity index is 1260. The topological polar surface area (TPSA) is 178 Å². The zero-order chi connectivity index (χ0) is 36.5. The maximum absolute atomic E-state index is 12.9. The van der Waals surface area contributed by atoms with Gasteiger partial charge in [0.15, 0.2) is 0 Å². The van der Waals surface area contributed by atoms with Gasteiger partial charge in [-0.1, -0.05) is 122 Å². The van der Waals surface area contributed by atoms with Gasteiger partial charge in [-0.05, 0) is 31.0 Å². The molecule has 2 N–H and O–H groups in total. The second kappa shape index (κ2) is 27.0. The molecule has 0 amide bonds. The number of nitrogens with zero attached hydrogens (tertiary/aromatic N) is 4. The zero-order valence-corrected chi connectivity index (χ0v) is 32.5. The van der Waals surface area contributed by atoms with Gasteiger partial charge in [-0.15, -0.1) is 0 Å². The standard InChI is InChI=1S/C35H64N5O8PS/c1-4-6-8-10-12-14-15-17-19-21-23-50-28-30(45-22-20-18-16-13-11-9-7-5-2)26-46-49(43,44)47-27-32-31(38-39-36)24-33(48-32)40-25-29(3)34(41)37-35(40)42/h25,30-33H,4-24,26-28H2,1-3H3,(H,43,44)(H,37,41,42)/t30-,31-,32?,33?/m0/s1. The first-order chi connectivity index (χ1) is 24.2. The highest BCUT2D eigenvalue weighted by atomic mass is 32.2. The van der Waals surface area contributed by atoms with Crippen molar-refractivity contribution in [2.75, 3.05) is 31.3 Å². The molecule has 1 aliphatic rings. The van der Waals surface area contributed by atoms with E-state index in [1.807, 2.05) is 0 Å². The molecule has 3 unspecified atom stereocenters. The summed E-state index contributed by atoms with van der Waals surface area (Å²) in [6, 6.07) is -0.769. The molecule has 50 heavy (non-hydrogen) atoms. The maximum atomic E-state index is 12.9. The van der Waals surface area contributed by atoms with Crippen molar-refractivity contribution in [1.29, 1.82) is 0 Å². The highest BCUT2D eigenvalue weighted by Gasteiger charge is 2.38. The fourth-order valence-electron chi connectivity index (χ4n) is 5.94. The smallest absolute Gasteiger partial charge is 0.375 e. The van der Waals surface area contributed by atoms with Crippen LogP contribution in [0.3, 0.4) is 0 Å². The molecule has 0 aromatic carbocycles. The molecule has 15 heteroatoms. The lowest BCUT2D eigenvalue weighted by Gasteiger charge is -2.21. The minimum absolute atomic E-state index is 0.101. The molecule has 1 aromatic heterocycles. The van der Waals surface area contributed by atoms with Gasteiger partial charge in [0, 0.05) is 35.5 Å². The van der Waals surface area contributed by atoms with Crippen LogP contribution < -0.4 is 11.2 Å². The van der Waals surface area contributed by atoms with E-state index in [-0.39, 0.29) is 19.1 Å². The summed E-state index contributed by atoms with van der Waals surface area (Å²) in [5.74, 6) is 1.65. The molecule has 0 spiro atoms. The predicted molar refractivity (Wildman–Crippen MR) is 201 cm³/mol. The van der Waals surface area contributed by atoms with Crippen molar-refractivity contribution in [2.24, 2.45) is 5.11 Å². The Morgan fingerprint density at radius 1 is 0.980 bits per heavy atom. The largest absolute Gasteiger partial charge is 0.472 e. The Labute approximate surface area is 303 Å². The Morgan fingerprint density at radius 3 is 2.16 bits per heavy atom. The van der Waals surface area contributed by atoms with E-state index in [1.165, 1.54) is 107 Å². The Hall–Kier alpha value is -1.63. The van der Waals surface area contributed by atoms with Crippen molar-refractivity contribution in [2.45, 2.75) is 167 Å². The fourth-order valence-corrected chi connectivity index (χ4v) is 7.74. The highest BCUT2D eigenvalue weighted by molar-refractivity contribution is 7.99. The van der Waals surface area contributed by atoms with Crippen molar-refractivity contribution >= 4 is 19.6 Å². The van der Waals surface area contributed by atoms with E-state index in [0.29, 0.717) is 17.9 Å². The van der Waals surface area contributed by atoms with Crippen LogP contribution in [0.15, 0.2) is 20.9 Å². The number of hydrogen-bond acceptors (Lipinski definition) is 9. The van der Waals surface area contributed by atoms with Gasteiger partial charge < -0.3 is 14.4 Å². The van der Waals surface area contributed by atoms with Crippen molar-refractivity contribution in [3.8, 4) is 0 Å².